The average molecular weight is 296 g/mol. The van der Waals surface area contributed by atoms with Crippen molar-refractivity contribution in [2.45, 2.75) is 27.2 Å². The van der Waals surface area contributed by atoms with Gasteiger partial charge in [-0.15, -0.1) is 0 Å². The van der Waals surface area contributed by atoms with Gasteiger partial charge in [0.15, 0.2) is 0 Å². The number of hydrogen-bond donors (Lipinski definition) is 0. The van der Waals surface area contributed by atoms with Crippen LogP contribution in [-0.2, 0) is 9.53 Å². The molecule has 2 nitrogen and oxygen atoms in total. The number of halogens is 1. The molecule has 1 heterocycles. The van der Waals surface area contributed by atoms with Gasteiger partial charge in [0.25, 0.3) is 0 Å². The van der Waals surface area contributed by atoms with Gasteiger partial charge in [-0.3, -0.25) is 4.79 Å². The van der Waals surface area contributed by atoms with Crippen LogP contribution in [0.1, 0.15) is 27.2 Å². The third kappa shape index (κ3) is 2.58. The summed E-state index contributed by atoms with van der Waals surface area (Å²) >= 11 is 2.36. The highest BCUT2D eigenvalue weighted by Gasteiger charge is 2.40. The molecule has 0 amide bonds. The monoisotopic (exact) mass is 296 g/mol. The van der Waals surface area contributed by atoms with Crippen molar-refractivity contribution in [3.63, 3.8) is 0 Å². The topological polar surface area (TPSA) is 26.3 Å². The van der Waals surface area contributed by atoms with Crippen molar-refractivity contribution >= 4 is 28.6 Å². The van der Waals surface area contributed by atoms with E-state index >= 15 is 0 Å². The fourth-order valence-electron chi connectivity index (χ4n) is 1.99. The van der Waals surface area contributed by atoms with Crippen molar-refractivity contribution < 1.29 is 9.53 Å². The van der Waals surface area contributed by atoms with Crippen LogP contribution in [0.25, 0.3) is 0 Å². The Morgan fingerprint density at radius 3 is 2.54 bits per heavy atom. The number of ether oxygens (including phenoxy) is 1. The number of alkyl halides is 1. The summed E-state index contributed by atoms with van der Waals surface area (Å²) in [4.78, 5) is 11.6. The molecule has 2 atom stereocenters. The Balaban J connectivity index is 2.80. The number of carbonyl (C=O) groups is 1. The summed E-state index contributed by atoms with van der Waals surface area (Å²) in [6, 6.07) is 0. The molecule has 1 rings (SSSR count). The minimum atomic E-state index is 0.000385. The van der Waals surface area contributed by atoms with E-state index in [4.69, 9.17) is 4.74 Å². The first kappa shape index (κ1) is 11.3. The summed E-state index contributed by atoms with van der Waals surface area (Å²) in [5.41, 5.74) is 0.0351. The Morgan fingerprint density at radius 2 is 2.15 bits per heavy atom. The lowest BCUT2D eigenvalue weighted by Crippen LogP contribution is -2.41. The van der Waals surface area contributed by atoms with Gasteiger partial charge in [0, 0.05) is 4.43 Å². The Kier molecular flexibility index (Phi) is 3.60. The maximum Gasteiger partial charge on any atom is 0.309 e. The van der Waals surface area contributed by atoms with E-state index in [0.717, 1.165) is 10.8 Å². The molecule has 0 aromatic rings. The van der Waals surface area contributed by atoms with Gasteiger partial charge in [-0.2, -0.15) is 0 Å². The summed E-state index contributed by atoms with van der Waals surface area (Å²) in [5, 5.41) is 0. The number of rotatable bonds is 1. The number of cyclic esters (lactones) is 1. The molecular weight excluding hydrogens is 279 g/mol. The van der Waals surface area contributed by atoms with Gasteiger partial charge in [0.1, 0.15) is 0 Å². The van der Waals surface area contributed by atoms with Crippen molar-refractivity contribution in [3.8, 4) is 0 Å². The first-order valence-corrected chi connectivity index (χ1v) is 6.22. The van der Waals surface area contributed by atoms with E-state index in [9.17, 15) is 4.79 Å². The van der Waals surface area contributed by atoms with Crippen LogP contribution in [0.5, 0.6) is 0 Å². The van der Waals surface area contributed by atoms with Crippen LogP contribution in [0.2, 0.25) is 0 Å². The smallest absolute Gasteiger partial charge is 0.309 e. The first-order valence-electron chi connectivity index (χ1n) is 4.69. The van der Waals surface area contributed by atoms with Crippen LogP contribution in [-0.4, -0.2) is 17.0 Å². The second-order valence-electron chi connectivity index (χ2n) is 4.71. The van der Waals surface area contributed by atoms with E-state index in [1.807, 2.05) is 0 Å². The van der Waals surface area contributed by atoms with E-state index in [1.165, 1.54) is 0 Å². The zero-order valence-corrected chi connectivity index (χ0v) is 10.6. The number of hydrogen-bond acceptors (Lipinski definition) is 2. The summed E-state index contributed by atoms with van der Waals surface area (Å²) in [6.45, 7) is 6.95. The van der Waals surface area contributed by atoms with Gasteiger partial charge in [-0.05, 0) is 17.8 Å². The highest BCUT2D eigenvalue weighted by molar-refractivity contribution is 14.1. The molecule has 1 aliphatic rings. The molecule has 1 fully saturated rings. The highest BCUT2D eigenvalue weighted by atomic mass is 127. The van der Waals surface area contributed by atoms with Crippen LogP contribution < -0.4 is 0 Å². The molecule has 0 spiro atoms. The van der Waals surface area contributed by atoms with Gasteiger partial charge >= 0.3 is 5.97 Å². The molecule has 1 saturated heterocycles. The molecule has 1 aliphatic heterocycles. The van der Waals surface area contributed by atoms with Crippen molar-refractivity contribution in [3.05, 3.63) is 0 Å². The lowest BCUT2D eigenvalue weighted by Gasteiger charge is -2.37. The minimum Gasteiger partial charge on any atom is -0.465 e. The maximum atomic E-state index is 11.6. The van der Waals surface area contributed by atoms with Crippen molar-refractivity contribution in [1.29, 1.82) is 0 Å². The molecule has 76 valence electrons. The largest absolute Gasteiger partial charge is 0.465 e. The number of carbonyl (C=O) groups excluding carboxylic acids is 1. The normalized spacial score (nSPS) is 30.0. The highest BCUT2D eigenvalue weighted by Crippen LogP contribution is 2.38. The fraction of sp³-hybridized carbons (Fsp3) is 0.900. The summed E-state index contributed by atoms with van der Waals surface area (Å²) in [5.74, 6) is 0.584. The molecule has 0 aromatic carbocycles. The molecular formula is C10H17IO2. The van der Waals surface area contributed by atoms with E-state index in [0.29, 0.717) is 12.5 Å². The second kappa shape index (κ2) is 4.15. The van der Waals surface area contributed by atoms with E-state index in [2.05, 4.69) is 43.4 Å². The zero-order chi connectivity index (χ0) is 10.1. The van der Waals surface area contributed by atoms with Crippen LogP contribution in [0, 0.1) is 17.3 Å². The fourth-order valence-corrected chi connectivity index (χ4v) is 2.94. The van der Waals surface area contributed by atoms with E-state index < -0.39 is 0 Å². The van der Waals surface area contributed by atoms with Crippen LogP contribution >= 0.6 is 22.6 Å². The molecule has 0 bridgehead atoms. The zero-order valence-electron chi connectivity index (χ0n) is 8.47. The number of esters is 1. The van der Waals surface area contributed by atoms with Crippen molar-refractivity contribution in [2.24, 2.45) is 17.3 Å². The molecule has 0 aromatic heterocycles. The molecule has 0 saturated carbocycles. The maximum absolute atomic E-state index is 11.6. The summed E-state index contributed by atoms with van der Waals surface area (Å²) < 4.78 is 6.16. The van der Waals surface area contributed by atoms with Gasteiger partial charge in [-0.25, -0.2) is 0 Å². The second-order valence-corrected chi connectivity index (χ2v) is 5.60. The molecule has 3 heteroatoms. The van der Waals surface area contributed by atoms with Crippen LogP contribution in [0.3, 0.4) is 0 Å². The molecule has 13 heavy (non-hydrogen) atoms. The predicted octanol–water partition coefficient (Wildman–Crippen LogP) is 2.65. The standard InChI is InChI=1S/C10H17IO2/c1-10(2,3)8-7(6-11)4-5-13-9(8)12/h7-8H,4-6H2,1-3H3/t7-,8+/m1/s1. The Bertz CT molecular complexity index is 196. The van der Waals surface area contributed by atoms with Crippen molar-refractivity contribution in [1.82, 2.24) is 0 Å². The van der Waals surface area contributed by atoms with E-state index in [-0.39, 0.29) is 17.3 Å². The first-order chi connectivity index (χ1) is 5.96. The van der Waals surface area contributed by atoms with Gasteiger partial charge in [-0.1, -0.05) is 43.4 Å². The van der Waals surface area contributed by atoms with Gasteiger partial charge in [0.2, 0.25) is 0 Å². The molecule has 0 radical (unpaired) electrons. The van der Waals surface area contributed by atoms with E-state index in [1.54, 1.807) is 0 Å². The average Bonchev–Trinajstić information content (AvgIpc) is 2.01. The summed E-state index contributed by atoms with van der Waals surface area (Å²) in [7, 11) is 0. The molecule has 0 N–H and O–H groups in total. The quantitative estimate of drug-likeness (QED) is 0.422. The lowest BCUT2D eigenvalue weighted by molar-refractivity contribution is -0.161. The van der Waals surface area contributed by atoms with Gasteiger partial charge in [0.05, 0.1) is 12.5 Å². The van der Waals surface area contributed by atoms with Crippen molar-refractivity contribution in [2.75, 3.05) is 11.0 Å². The Morgan fingerprint density at radius 1 is 1.54 bits per heavy atom. The molecule has 0 aliphatic carbocycles. The Hall–Kier alpha value is 0.200. The van der Waals surface area contributed by atoms with Crippen LogP contribution in [0.15, 0.2) is 0 Å². The lowest BCUT2D eigenvalue weighted by atomic mass is 9.72. The molecule has 0 unspecified atom stereocenters. The Labute approximate surface area is 93.6 Å². The SMILES string of the molecule is CC(C)(C)[C@@H]1C(=O)OCC[C@@H]1CI. The summed E-state index contributed by atoms with van der Waals surface area (Å²) in [6.07, 6.45) is 1.02. The third-order valence-electron chi connectivity index (χ3n) is 2.59. The van der Waals surface area contributed by atoms with Crippen LogP contribution in [0.4, 0.5) is 0 Å². The van der Waals surface area contributed by atoms with Gasteiger partial charge < -0.3 is 4.74 Å². The third-order valence-corrected chi connectivity index (χ3v) is 3.72. The predicted molar refractivity (Wildman–Crippen MR) is 60.9 cm³/mol. The minimum absolute atomic E-state index is 0.000385.